The van der Waals surface area contributed by atoms with Crippen LogP contribution in [0.5, 0.6) is 0 Å². The molecular formula is C14H14F2N2S2. The molecule has 2 aromatic rings. The Morgan fingerprint density at radius 1 is 1.40 bits per heavy atom. The van der Waals surface area contributed by atoms with E-state index in [0.29, 0.717) is 17.2 Å². The highest BCUT2D eigenvalue weighted by Crippen LogP contribution is 2.47. The van der Waals surface area contributed by atoms with Crippen molar-refractivity contribution in [1.29, 1.82) is 0 Å². The van der Waals surface area contributed by atoms with E-state index < -0.39 is 11.6 Å². The normalized spacial score (nSPS) is 14.6. The number of benzene rings is 1. The van der Waals surface area contributed by atoms with Gasteiger partial charge in [-0.3, -0.25) is 0 Å². The van der Waals surface area contributed by atoms with Gasteiger partial charge in [0.1, 0.15) is 11.6 Å². The fourth-order valence-electron chi connectivity index (χ4n) is 1.93. The molecule has 0 spiro atoms. The molecule has 106 valence electrons. The highest BCUT2D eigenvalue weighted by Gasteiger charge is 2.29. The van der Waals surface area contributed by atoms with Crippen LogP contribution in [0.2, 0.25) is 0 Å². The van der Waals surface area contributed by atoms with Crippen LogP contribution in [-0.2, 0) is 5.75 Å². The number of aromatic nitrogens is 1. The van der Waals surface area contributed by atoms with Gasteiger partial charge in [-0.25, -0.2) is 13.8 Å². The summed E-state index contributed by atoms with van der Waals surface area (Å²) in [7, 11) is 1.85. The van der Waals surface area contributed by atoms with Gasteiger partial charge in [-0.2, -0.15) is 0 Å². The van der Waals surface area contributed by atoms with E-state index in [1.54, 1.807) is 23.1 Å². The molecule has 1 N–H and O–H groups in total. The van der Waals surface area contributed by atoms with Crippen molar-refractivity contribution in [2.45, 2.75) is 28.7 Å². The standard InChI is InChI=1S/C14H14F2N2S2/c1-17-14-18-12(8-2-3-8)13(20-14)19-7-9-4-5-10(15)6-11(9)16/h4-6,8H,2-3,7H2,1H3,(H,17,18). The van der Waals surface area contributed by atoms with Crippen LogP contribution in [-0.4, -0.2) is 12.0 Å². The van der Waals surface area contributed by atoms with Crippen molar-refractivity contribution in [3.8, 4) is 0 Å². The van der Waals surface area contributed by atoms with Crippen LogP contribution < -0.4 is 5.32 Å². The van der Waals surface area contributed by atoms with Crippen LogP contribution in [0.1, 0.15) is 30.0 Å². The lowest BCUT2D eigenvalue weighted by Gasteiger charge is -2.03. The number of thiazole rings is 1. The van der Waals surface area contributed by atoms with Crippen LogP contribution in [0, 0.1) is 11.6 Å². The third-order valence-corrected chi connectivity index (χ3v) is 5.59. The van der Waals surface area contributed by atoms with E-state index in [0.717, 1.165) is 21.1 Å². The average Bonchev–Trinajstić information content (AvgIpc) is 3.19. The Morgan fingerprint density at radius 3 is 2.85 bits per heavy atom. The van der Waals surface area contributed by atoms with E-state index >= 15 is 0 Å². The minimum atomic E-state index is -0.537. The fraction of sp³-hybridized carbons (Fsp3) is 0.357. The van der Waals surface area contributed by atoms with Gasteiger partial charge in [0.05, 0.1) is 9.90 Å². The minimum Gasteiger partial charge on any atom is -0.365 e. The lowest BCUT2D eigenvalue weighted by molar-refractivity contribution is 0.576. The Morgan fingerprint density at radius 2 is 2.20 bits per heavy atom. The summed E-state index contributed by atoms with van der Waals surface area (Å²) in [5, 5.41) is 3.96. The molecule has 1 aliphatic carbocycles. The first kappa shape index (κ1) is 13.8. The Kier molecular flexibility index (Phi) is 3.94. The van der Waals surface area contributed by atoms with Crippen molar-refractivity contribution < 1.29 is 8.78 Å². The lowest BCUT2D eigenvalue weighted by atomic mass is 10.2. The summed E-state index contributed by atoms with van der Waals surface area (Å²) in [6.45, 7) is 0. The average molecular weight is 312 g/mol. The minimum absolute atomic E-state index is 0.483. The zero-order chi connectivity index (χ0) is 14.1. The number of halogens is 2. The molecule has 0 amide bonds. The quantitative estimate of drug-likeness (QED) is 0.815. The number of rotatable bonds is 5. The molecule has 0 saturated heterocycles. The van der Waals surface area contributed by atoms with Crippen LogP contribution in [0.3, 0.4) is 0 Å². The van der Waals surface area contributed by atoms with E-state index in [1.165, 1.54) is 25.0 Å². The lowest BCUT2D eigenvalue weighted by Crippen LogP contribution is -1.90. The Bertz CT molecular complexity index is 624. The second-order valence-electron chi connectivity index (χ2n) is 4.74. The summed E-state index contributed by atoms with van der Waals surface area (Å²) < 4.78 is 27.6. The molecular weight excluding hydrogens is 298 g/mol. The van der Waals surface area contributed by atoms with Crippen molar-refractivity contribution >= 4 is 28.2 Å². The summed E-state index contributed by atoms with van der Waals surface area (Å²) in [5.41, 5.74) is 1.66. The number of hydrogen-bond acceptors (Lipinski definition) is 4. The largest absolute Gasteiger partial charge is 0.365 e. The molecule has 0 aliphatic heterocycles. The number of thioether (sulfide) groups is 1. The van der Waals surface area contributed by atoms with Gasteiger partial charge in [0.2, 0.25) is 0 Å². The summed E-state index contributed by atoms with van der Waals surface area (Å²) in [6, 6.07) is 3.74. The van der Waals surface area contributed by atoms with Crippen molar-refractivity contribution in [3.63, 3.8) is 0 Å². The smallest absolute Gasteiger partial charge is 0.183 e. The van der Waals surface area contributed by atoms with Gasteiger partial charge in [0, 0.05) is 24.8 Å². The molecule has 0 bridgehead atoms. The monoisotopic (exact) mass is 312 g/mol. The number of hydrogen-bond donors (Lipinski definition) is 1. The highest BCUT2D eigenvalue weighted by atomic mass is 32.2. The summed E-state index contributed by atoms with van der Waals surface area (Å²) in [5.74, 6) is 0.0416. The molecule has 0 unspecified atom stereocenters. The third kappa shape index (κ3) is 2.96. The van der Waals surface area contributed by atoms with Crippen LogP contribution in [0.25, 0.3) is 0 Å². The molecule has 1 aliphatic rings. The molecule has 0 radical (unpaired) electrons. The first-order chi connectivity index (χ1) is 9.67. The maximum atomic E-state index is 13.6. The zero-order valence-electron chi connectivity index (χ0n) is 11.0. The Hall–Kier alpha value is -1.14. The molecule has 1 aromatic carbocycles. The van der Waals surface area contributed by atoms with Crippen LogP contribution in [0.4, 0.5) is 13.9 Å². The maximum absolute atomic E-state index is 13.6. The van der Waals surface area contributed by atoms with Gasteiger partial charge in [0.25, 0.3) is 0 Å². The Balaban J connectivity index is 1.76. The number of nitrogens with one attached hydrogen (secondary N) is 1. The van der Waals surface area contributed by atoms with Gasteiger partial charge in [0.15, 0.2) is 5.13 Å². The molecule has 1 aromatic heterocycles. The van der Waals surface area contributed by atoms with E-state index in [4.69, 9.17) is 0 Å². The van der Waals surface area contributed by atoms with E-state index in [1.807, 2.05) is 7.05 Å². The first-order valence-electron chi connectivity index (χ1n) is 6.42. The summed E-state index contributed by atoms with van der Waals surface area (Å²) in [4.78, 5) is 4.57. The fourth-order valence-corrected chi connectivity index (χ4v) is 4.19. The molecule has 2 nitrogen and oxygen atoms in total. The Labute approximate surface area is 124 Å². The third-order valence-electron chi connectivity index (χ3n) is 3.17. The second-order valence-corrected chi connectivity index (χ2v) is 6.98. The highest BCUT2D eigenvalue weighted by molar-refractivity contribution is 8.00. The number of anilines is 1. The van der Waals surface area contributed by atoms with Crippen molar-refractivity contribution in [3.05, 3.63) is 41.1 Å². The van der Waals surface area contributed by atoms with Crippen LogP contribution >= 0.6 is 23.1 Å². The van der Waals surface area contributed by atoms with Crippen molar-refractivity contribution in [2.75, 3.05) is 12.4 Å². The zero-order valence-corrected chi connectivity index (χ0v) is 12.6. The maximum Gasteiger partial charge on any atom is 0.183 e. The summed E-state index contributed by atoms with van der Waals surface area (Å²) in [6.07, 6.45) is 2.37. The molecule has 1 saturated carbocycles. The molecule has 1 heterocycles. The van der Waals surface area contributed by atoms with E-state index in [9.17, 15) is 8.78 Å². The second kappa shape index (κ2) is 5.69. The van der Waals surface area contributed by atoms with Crippen LogP contribution in [0.15, 0.2) is 22.4 Å². The first-order valence-corrected chi connectivity index (χ1v) is 8.23. The van der Waals surface area contributed by atoms with E-state index in [2.05, 4.69) is 10.3 Å². The SMILES string of the molecule is CNc1nc(C2CC2)c(SCc2ccc(F)cc2F)s1. The predicted octanol–water partition coefficient (Wildman–Crippen LogP) is 4.63. The molecule has 3 rings (SSSR count). The summed E-state index contributed by atoms with van der Waals surface area (Å²) >= 11 is 3.18. The van der Waals surface area contributed by atoms with Gasteiger partial charge < -0.3 is 5.32 Å². The van der Waals surface area contributed by atoms with Gasteiger partial charge in [-0.15, -0.1) is 11.8 Å². The molecule has 1 fully saturated rings. The van der Waals surface area contributed by atoms with Crippen molar-refractivity contribution in [2.24, 2.45) is 0 Å². The van der Waals surface area contributed by atoms with Crippen molar-refractivity contribution in [1.82, 2.24) is 4.98 Å². The topological polar surface area (TPSA) is 24.9 Å². The van der Waals surface area contributed by atoms with Gasteiger partial charge >= 0.3 is 0 Å². The van der Waals surface area contributed by atoms with Gasteiger partial charge in [-0.1, -0.05) is 17.4 Å². The number of nitrogens with zero attached hydrogens (tertiary/aromatic N) is 1. The van der Waals surface area contributed by atoms with Gasteiger partial charge in [-0.05, 0) is 24.5 Å². The predicted molar refractivity (Wildman–Crippen MR) is 79.6 cm³/mol. The van der Waals surface area contributed by atoms with E-state index in [-0.39, 0.29) is 0 Å². The molecule has 20 heavy (non-hydrogen) atoms. The molecule has 6 heteroatoms. The molecule has 0 atom stereocenters.